The molecule has 3 heterocycles. The van der Waals surface area contributed by atoms with Crippen LogP contribution in [0.2, 0.25) is 0 Å². The minimum absolute atomic E-state index is 0.558. The van der Waals surface area contributed by atoms with Crippen LogP contribution >= 0.6 is 0 Å². The van der Waals surface area contributed by atoms with Crippen LogP contribution in [-0.2, 0) is 0 Å². The van der Waals surface area contributed by atoms with Gasteiger partial charge in [-0.3, -0.25) is 4.40 Å². The van der Waals surface area contributed by atoms with Gasteiger partial charge in [-0.25, -0.2) is 0 Å². The molecule has 2 aromatic heterocycles. The molecule has 0 saturated carbocycles. The minimum atomic E-state index is 0.558. The number of aromatic nitrogens is 3. The zero-order chi connectivity index (χ0) is 11.8. The molecular weight excluding hydrogens is 212 g/mol. The standard InChI is InChI=1S/C13H18N4/c1-10-4-3-5-12-14-15-13(17(10)12)11-6-8-16(2)9-7-11/h3-5,11H,6-9H2,1-2H3. The molecule has 1 fully saturated rings. The predicted octanol–water partition coefficient (Wildman–Crippen LogP) is 1.85. The molecule has 4 heteroatoms. The van der Waals surface area contributed by atoms with Crippen molar-refractivity contribution in [3.63, 3.8) is 0 Å². The summed E-state index contributed by atoms with van der Waals surface area (Å²) in [5.74, 6) is 1.70. The summed E-state index contributed by atoms with van der Waals surface area (Å²) in [6.45, 7) is 4.44. The summed E-state index contributed by atoms with van der Waals surface area (Å²) in [7, 11) is 2.18. The molecule has 0 aliphatic carbocycles. The van der Waals surface area contributed by atoms with Crippen LogP contribution in [0.25, 0.3) is 5.65 Å². The summed E-state index contributed by atoms with van der Waals surface area (Å²) in [6.07, 6.45) is 2.37. The summed E-state index contributed by atoms with van der Waals surface area (Å²) in [4.78, 5) is 2.38. The molecule has 90 valence electrons. The lowest BCUT2D eigenvalue weighted by molar-refractivity contribution is 0.250. The number of hydrogen-bond acceptors (Lipinski definition) is 3. The van der Waals surface area contributed by atoms with Gasteiger partial charge in [-0.05, 0) is 52.0 Å². The number of nitrogens with zero attached hydrogens (tertiary/aromatic N) is 4. The SMILES string of the molecule is Cc1cccc2nnc(C3CCN(C)CC3)n12. The molecule has 0 aromatic carbocycles. The molecule has 0 radical (unpaired) electrons. The molecule has 1 aliphatic heterocycles. The van der Waals surface area contributed by atoms with E-state index in [-0.39, 0.29) is 0 Å². The first-order valence-electron chi connectivity index (χ1n) is 6.25. The topological polar surface area (TPSA) is 33.4 Å². The largest absolute Gasteiger partial charge is 0.306 e. The minimum Gasteiger partial charge on any atom is -0.306 e. The van der Waals surface area contributed by atoms with Crippen LogP contribution in [0.4, 0.5) is 0 Å². The van der Waals surface area contributed by atoms with Crippen LogP contribution in [-0.4, -0.2) is 39.6 Å². The van der Waals surface area contributed by atoms with E-state index in [0.29, 0.717) is 5.92 Å². The van der Waals surface area contributed by atoms with Crippen LogP contribution in [0.15, 0.2) is 18.2 Å². The number of hydrogen-bond donors (Lipinski definition) is 0. The van der Waals surface area contributed by atoms with Gasteiger partial charge in [0.15, 0.2) is 5.65 Å². The van der Waals surface area contributed by atoms with E-state index in [1.165, 1.54) is 18.5 Å². The van der Waals surface area contributed by atoms with Crippen molar-refractivity contribution in [3.05, 3.63) is 29.7 Å². The van der Waals surface area contributed by atoms with Gasteiger partial charge < -0.3 is 4.90 Å². The van der Waals surface area contributed by atoms with E-state index in [1.807, 2.05) is 12.1 Å². The highest BCUT2D eigenvalue weighted by molar-refractivity contribution is 5.40. The maximum atomic E-state index is 4.40. The quantitative estimate of drug-likeness (QED) is 0.749. The van der Waals surface area contributed by atoms with E-state index in [2.05, 4.69) is 39.5 Å². The maximum absolute atomic E-state index is 4.40. The van der Waals surface area contributed by atoms with Crippen molar-refractivity contribution >= 4 is 5.65 Å². The molecule has 2 aromatic rings. The average molecular weight is 230 g/mol. The molecule has 3 rings (SSSR count). The Morgan fingerprint density at radius 1 is 1.18 bits per heavy atom. The van der Waals surface area contributed by atoms with Gasteiger partial charge in [-0.15, -0.1) is 10.2 Å². The lowest BCUT2D eigenvalue weighted by atomic mass is 9.96. The predicted molar refractivity (Wildman–Crippen MR) is 67.2 cm³/mol. The molecule has 4 nitrogen and oxygen atoms in total. The van der Waals surface area contributed by atoms with Crippen LogP contribution < -0.4 is 0 Å². The molecule has 0 amide bonds. The highest BCUT2D eigenvalue weighted by atomic mass is 15.3. The van der Waals surface area contributed by atoms with Gasteiger partial charge in [0.1, 0.15) is 5.82 Å². The van der Waals surface area contributed by atoms with Crippen molar-refractivity contribution in [2.75, 3.05) is 20.1 Å². The Labute approximate surface area is 101 Å². The van der Waals surface area contributed by atoms with Crippen molar-refractivity contribution < 1.29 is 0 Å². The Bertz CT molecular complexity index is 523. The van der Waals surface area contributed by atoms with Crippen LogP contribution in [0.1, 0.15) is 30.3 Å². The molecule has 1 saturated heterocycles. The molecule has 0 spiro atoms. The molecule has 0 N–H and O–H groups in total. The van der Waals surface area contributed by atoms with E-state index < -0.39 is 0 Å². The second kappa shape index (κ2) is 4.11. The van der Waals surface area contributed by atoms with Gasteiger partial charge in [0.05, 0.1) is 0 Å². The number of likely N-dealkylation sites (tertiary alicyclic amines) is 1. The van der Waals surface area contributed by atoms with E-state index in [9.17, 15) is 0 Å². The van der Waals surface area contributed by atoms with Gasteiger partial charge in [0.2, 0.25) is 0 Å². The first kappa shape index (κ1) is 10.7. The number of pyridine rings is 1. The number of rotatable bonds is 1. The van der Waals surface area contributed by atoms with Gasteiger partial charge in [-0.2, -0.15) is 0 Å². The zero-order valence-corrected chi connectivity index (χ0v) is 10.4. The normalized spacial score (nSPS) is 18.9. The Morgan fingerprint density at radius 2 is 1.94 bits per heavy atom. The highest BCUT2D eigenvalue weighted by Gasteiger charge is 2.23. The zero-order valence-electron chi connectivity index (χ0n) is 10.4. The second-order valence-electron chi connectivity index (χ2n) is 5.00. The van der Waals surface area contributed by atoms with Gasteiger partial charge >= 0.3 is 0 Å². The Balaban J connectivity index is 2.00. The van der Waals surface area contributed by atoms with Crippen molar-refractivity contribution in [2.45, 2.75) is 25.7 Å². The maximum Gasteiger partial charge on any atom is 0.160 e. The van der Waals surface area contributed by atoms with Crippen molar-refractivity contribution in [1.82, 2.24) is 19.5 Å². The fraction of sp³-hybridized carbons (Fsp3) is 0.538. The van der Waals surface area contributed by atoms with Gasteiger partial charge in [0, 0.05) is 11.6 Å². The molecule has 0 atom stereocenters. The fourth-order valence-electron chi connectivity index (χ4n) is 2.66. The van der Waals surface area contributed by atoms with E-state index in [4.69, 9.17) is 0 Å². The third-order valence-electron chi connectivity index (χ3n) is 3.73. The fourth-order valence-corrected chi connectivity index (χ4v) is 2.66. The number of fused-ring (bicyclic) bond motifs is 1. The lowest BCUT2D eigenvalue weighted by Crippen LogP contribution is -2.30. The molecule has 17 heavy (non-hydrogen) atoms. The Morgan fingerprint density at radius 3 is 2.71 bits per heavy atom. The molecule has 0 bridgehead atoms. The summed E-state index contributed by atoms with van der Waals surface area (Å²) in [5, 5.41) is 8.67. The number of piperidine rings is 1. The van der Waals surface area contributed by atoms with Gasteiger partial charge in [0.25, 0.3) is 0 Å². The first-order chi connectivity index (χ1) is 8.25. The van der Waals surface area contributed by atoms with E-state index in [0.717, 1.165) is 24.6 Å². The van der Waals surface area contributed by atoms with Crippen molar-refractivity contribution in [3.8, 4) is 0 Å². The van der Waals surface area contributed by atoms with Crippen LogP contribution in [0.5, 0.6) is 0 Å². The van der Waals surface area contributed by atoms with E-state index in [1.54, 1.807) is 0 Å². The Kier molecular flexibility index (Phi) is 2.59. The summed E-state index contributed by atoms with van der Waals surface area (Å²) < 4.78 is 2.20. The summed E-state index contributed by atoms with van der Waals surface area (Å²) in [5.41, 5.74) is 2.19. The average Bonchev–Trinajstić information content (AvgIpc) is 2.75. The second-order valence-corrected chi connectivity index (χ2v) is 5.00. The smallest absolute Gasteiger partial charge is 0.160 e. The van der Waals surface area contributed by atoms with Crippen molar-refractivity contribution in [2.24, 2.45) is 0 Å². The van der Waals surface area contributed by atoms with E-state index >= 15 is 0 Å². The van der Waals surface area contributed by atoms with Crippen molar-refractivity contribution in [1.29, 1.82) is 0 Å². The third kappa shape index (κ3) is 1.82. The third-order valence-corrected chi connectivity index (χ3v) is 3.73. The molecular formula is C13H18N4. The molecule has 0 unspecified atom stereocenters. The molecule has 1 aliphatic rings. The number of aryl methyl sites for hydroxylation is 1. The van der Waals surface area contributed by atoms with Crippen LogP contribution in [0.3, 0.4) is 0 Å². The lowest BCUT2D eigenvalue weighted by Gasteiger charge is -2.28. The monoisotopic (exact) mass is 230 g/mol. The highest BCUT2D eigenvalue weighted by Crippen LogP contribution is 2.26. The first-order valence-corrected chi connectivity index (χ1v) is 6.25. The Hall–Kier alpha value is -1.42. The van der Waals surface area contributed by atoms with Gasteiger partial charge in [-0.1, -0.05) is 6.07 Å². The summed E-state index contributed by atoms with van der Waals surface area (Å²) in [6, 6.07) is 6.19. The summed E-state index contributed by atoms with van der Waals surface area (Å²) >= 11 is 0. The van der Waals surface area contributed by atoms with Crippen LogP contribution in [0, 0.1) is 6.92 Å².